The standard InChI is InChI=1S/C9H16O3/c1-9(2)10-7-5-3-4-6-8(7)11-12-9/h7-8H,3-6H2,1-2H3/t7-,8-/m1/s1. The van der Waals surface area contributed by atoms with Crippen LogP contribution in [0.4, 0.5) is 0 Å². The lowest BCUT2D eigenvalue weighted by Gasteiger charge is -2.41. The van der Waals surface area contributed by atoms with Crippen LogP contribution in [0.25, 0.3) is 0 Å². The van der Waals surface area contributed by atoms with Crippen molar-refractivity contribution in [3.05, 3.63) is 0 Å². The zero-order valence-corrected chi connectivity index (χ0v) is 7.71. The Hall–Kier alpha value is -0.120. The summed E-state index contributed by atoms with van der Waals surface area (Å²) in [6.07, 6.45) is 5.09. The molecular weight excluding hydrogens is 156 g/mol. The molecule has 0 aromatic rings. The lowest BCUT2D eigenvalue weighted by Crippen LogP contribution is -2.48. The van der Waals surface area contributed by atoms with Crippen molar-refractivity contribution in [1.29, 1.82) is 0 Å². The van der Waals surface area contributed by atoms with E-state index in [1.165, 1.54) is 12.8 Å². The van der Waals surface area contributed by atoms with Gasteiger partial charge in [-0.1, -0.05) is 12.8 Å². The Balaban J connectivity index is 1.99. The normalized spacial score (nSPS) is 40.5. The Labute approximate surface area is 72.9 Å². The molecule has 70 valence electrons. The zero-order chi connectivity index (χ0) is 8.60. The van der Waals surface area contributed by atoms with E-state index in [9.17, 15) is 0 Å². The van der Waals surface area contributed by atoms with Crippen molar-refractivity contribution in [3.63, 3.8) is 0 Å². The zero-order valence-electron chi connectivity index (χ0n) is 7.71. The molecule has 2 atom stereocenters. The third kappa shape index (κ3) is 1.63. The largest absolute Gasteiger partial charge is 0.342 e. The van der Waals surface area contributed by atoms with Gasteiger partial charge in [0, 0.05) is 0 Å². The number of hydrogen-bond acceptors (Lipinski definition) is 3. The van der Waals surface area contributed by atoms with Gasteiger partial charge in [-0.2, -0.15) is 0 Å². The lowest BCUT2D eigenvalue weighted by molar-refractivity contribution is -0.495. The van der Waals surface area contributed by atoms with E-state index < -0.39 is 5.79 Å². The first-order valence-corrected chi connectivity index (χ1v) is 4.70. The van der Waals surface area contributed by atoms with Crippen molar-refractivity contribution >= 4 is 0 Å². The monoisotopic (exact) mass is 172 g/mol. The van der Waals surface area contributed by atoms with Gasteiger partial charge in [-0.05, 0) is 26.7 Å². The molecule has 0 amide bonds. The van der Waals surface area contributed by atoms with Crippen molar-refractivity contribution in [2.24, 2.45) is 0 Å². The molecule has 1 heterocycles. The number of fused-ring (bicyclic) bond motifs is 1. The minimum atomic E-state index is -0.557. The predicted molar refractivity (Wildman–Crippen MR) is 43.4 cm³/mol. The first-order valence-electron chi connectivity index (χ1n) is 4.70. The van der Waals surface area contributed by atoms with Crippen LogP contribution in [0.3, 0.4) is 0 Å². The molecule has 0 spiro atoms. The average molecular weight is 172 g/mol. The van der Waals surface area contributed by atoms with Crippen LogP contribution in [0.1, 0.15) is 39.5 Å². The fourth-order valence-electron chi connectivity index (χ4n) is 1.87. The molecule has 0 unspecified atom stereocenters. The molecule has 0 N–H and O–H groups in total. The van der Waals surface area contributed by atoms with E-state index in [4.69, 9.17) is 14.5 Å². The van der Waals surface area contributed by atoms with Gasteiger partial charge in [0.15, 0.2) is 5.79 Å². The Kier molecular flexibility index (Phi) is 2.10. The van der Waals surface area contributed by atoms with Gasteiger partial charge in [0.1, 0.15) is 6.10 Å². The van der Waals surface area contributed by atoms with E-state index in [-0.39, 0.29) is 12.2 Å². The molecule has 1 saturated carbocycles. The van der Waals surface area contributed by atoms with Crippen LogP contribution in [0.2, 0.25) is 0 Å². The van der Waals surface area contributed by atoms with Crippen molar-refractivity contribution in [2.45, 2.75) is 57.5 Å². The molecule has 2 aliphatic rings. The molecule has 0 bridgehead atoms. The maximum atomic E-state index is 5.73. The summed E-state index contributed by atoms with van der Waals surface area (Å²) >= 11 is 0. The van der Waals surface area contributed by atoms with Gasteiger partial charge in [0.2, 0.25) is 0 Å². The summed E-state index contributed by atoms with van der Waals surface area (Å²) in [7, 11) is 0. The van der Waals surface area contributed by atoms with Crippen LogP contribution in [-0.2, 0) is 14.5 Å². The van der Waals surface area contributed by atoms with E-state index >= 15 is 0 Å². The van der Waals surface area contributed by atoms with Crippen molar-refractivity contribution in [2.75, 3.05) is 0 Å². The molecule has 1 saturated heterocycles. The highest BCUT2D eigenvalue weighted by Crippen LogP contribution is 2.32. The smallest absolute Gasteiger partial charge is 0.196 e. The van der Waals surface area contributed by atoms with Crippen LogP contribution in [0.5, 0.6) is 0 Å². The molecule has 0 aromatic carbocycles. The second-order valence-corrected chi connectivity index (χ2v) is 4.06. The summed E-state index contributed by atoms with van der Waals surface area (Å²) in [5.41, 5.74) is 0. The van der Waals surface area contributed by atoms with Crippen LogP contribution >= 0.6 is 0 Å². The highest BCUT2D eigenvalue weighted by Gasteiger charge is 2.39. The fraction of sp³-hybridized carbons (Fsp3) is 1.00. The SMILES string of the molecule is CC1(C)OO[C@@H]2CCCC[C@H]2O1. The summed E-state index contributed by atoms with van der Waals surface area (Å²) in [4.78, 5) is 10.4. The molecule has 0 radical (unpaired) electrons. The highest BCUT2D eigenvalue weighted by molar-refractivity contribution is 4.79. The van der Waals surface area contributed by atoms with E-state index in [0.717, 1.165) is 12.8 Å². The Morgan fingerprint density at radius 1 is 1.08 bits per heavy atom. The number of ether oxygens (including phenoxy) is 1. The molecule has 2 fully saturated rings. The Morgan fingerprint density at radius 3 is 2.50 bits per heavy atom. The second kappa shape index (κ2) is 2.98. The average Bonchev–Trinajstić information content (AvgIpc) is 2.02. The van der Waals surface area contributed by atoms with Crippen molar-refractivity contribution in [1.82, 2.24) is 0 Å². The number of hydrogen-bond donors (Lipinski definition) is 0. The third-order valence-electron chi connectivity index (χ3n) is 2.45. The maximum absolute atomic E-state index is 5.73. The van der Waals surface area contributed by atoms with Gasteiger partial charge < -0.3 is 4.74 Å². The number of rotatable bonds is 0. The van der Waals surface area contributed by atoms with Crippen LogP contribution in [-0.4, -0.2) is 18.0 Å². The third-order valence-corrected chi connectivity index (χ3v) is 2.45. The van der Waals surface area contributed by atoms with Crippen molar-refractivity contribution < 1.29 is 14.5 Å². The fourth-order valence-corrected chi connectivity index (χ4v) is 1.87. The topological polar surface area (TPSA) is 27.7 Å². The van der Waals surface area contributed by atoms with Gasteiger partial charge in [0.25, 0.3) is 0 Å². The molecule has 0 aromatic heterocycles. The summed E-state index contributed by atoms with van der Waals surface area (Å²) in [5.74, 6) is -0.557. The lowest BCUT2D eigenvalue weighted by atomic mass is 9.94. The molecule has 1 aliphatic heterocycles. The second-order valence-electron chi connectivity index (χ2n) is 4.06. The van der Waals surface area contributed by atoms with Gasteiger partial charge in [0.05, 0.1) is 6.10 Å². The van der Waals surface area contributed by atoms with Gasteiger partial charge >= 0.3 is 0 Å². The quantitative estimate of drug-likeness (QED) is 0.523. The van der Waals surface area contributed by atoms with Crippen molar-refractivity contribution in [3.8, 4) is 0 Å². The van der Waals surface area contributed by atoms with E-state index in [2.05, 4.69) is 0 Å². The summed E-state index contributed by atoms with van der Waals surface area (Å²) < 4.78 is 5.73. The first kappa shape index (κ1) is 8.48. The first-order chi connectivity index (χ1) is 5.67. The van der Waals surface area contributed by atoms with Gasteiger partial charge in [-0.15, -0.1) is 0 Å². The highest BCUT2D eigenvalue weighted by atomic mass is 17.2. The van der Waals surface area contributed by atoms with E-state index in [0.29, 0.717) is 0 Å². The van der Waals surface area contributed by atoms with Crippen LogP contribution in [0.15, 0.2) is 0 Å². The molecule has 12 heavy (non-hydrogen) atoms. The minimum absolute atomic E-state index is 0.173. The molecule has 1 aliphatic carbocycles. The van der Waals surface area contributed by atoms with Gasteiger partial charge in [-0.3, -0.25) is 0 Å². The summed E-state index contributed by atoms with van der Waals surface area (Å²) in [6, 6.07) is 0. The van der Waals surface area contributed by atoms with Gasteiger partial charge in [-0.25, -0.2) is 9.78 Å². The summed E-state index contributed by atoms with van der Waals surface area (Å²) in [6.45, 7) is 3.77. The molecular formula is C9H16O3. The minimum Gasteiger partial charge on any atom is -0.342 e. The molecule has 3 heteroatoms. The van der Waals surface area contributed by atoms with Crippen LogP contribution in [0, 0.1) is 0 Å². The van der Waals surface area contributed by atoms with Crippen LogP contribution < -0.4 is 0 Å². The molecule has 2 rings (SSSR count). The maximum Gasteiger partial charge on any atom is 0.196 e. The predicted octanol–water partition coefficient (Wildman–Crippen LogP) is 2.01. The molecule has 3 nitrogen and oxygen atoms in total. The van der Waals surface area contributed by atoms with E-state index in [1.807, 2.05) is 13.8 Å². The Bertz CT molecular complexity index is 167. The van der Waals surface area contributed by atoms with E-state index in [1.54, 1.807) is 0 Å². The summed E-state index contributed by atoms with van der Waals surface area (Å²) in [5, 5.41) is 0. The Morgan fingerprint density at radius 2 is 1.75 bits per heavy atom.